The molecule has 3 heteroatoms. The summed E-state index contributed by atoms with van der Waals surface area (Å²) in [5, 5.41) is 8.50. The first kappa shape index (κ1) is 9.84. The van der Waals surface area contributed by atoms with E-state index in [9.17, 15) is 4.79 Å². The first-order valence-corrected chi connectivity index (χ1v) is 4.37. The number of benzene rings is 1. The van der Waals surface area contributed by atoms with Gasteiger partial charge >= 0.3 is 5.97 Å². The first-order chi connectivity index (χ1) is 6.09. The molecule has 0 aliphatic heterocycles. The highest BCUT2D eigenvalue weighted by molar-refractivity contribution is 6.33. The van der Waals surface area contributed by atoms with Gasteiger partial charge in [-0.25, -0.2) is 0 Å². The van der Waals surface area contributed by atoms with Crippen molar-refractivity contribution in [2.45, 2.75) is 19.8 Å². The maximum absolute atomic E-state index is 10.3. The number of aryl methyl sites for hydroxylation is 2. The predicted octanol–water partition coefficient (Wildman–Crippen LogP) is 0.271. The summed E-state index contributed by atoms with van der Waals surface area (Å²) in [5.41, 5.74) is 3.58. The summed E-state index contributed by atoms with van der Waals surface area (Å²) in [6, 6.07) is 6.08. The number of hydrogen-bond acceptors (Lipinski definition) is 1. The topological polar surface area (TPSA) is 37.3 Å². The number of carboxylic acid groups (broad SMARTS) is 1. The van der Waals surface area contributed by atoms with E-state index < -0.39 is 5.97 Å². The van der Waals surface area contributed by atoms with Crippen molar-refractivity contribution in [3.63, 3.8) is 0 Å². The first-order valence-electron chi connectivity index (χ1n) is 4.37. The van der Waals surface area contributed by atoms with Gasteiger partial charge in [0, 0.05) is 6.42 Å². The molecule has 0 radical (unpaired) electrons. The third-order valence-corrected chi connectivity index (χ3v) is 2.20. The van der Waals surface area contributed by atoms with Crippen molar-refractivity contribution in [1.29, 1.82) is 0 Å². The molecule has 1 N–H and O–H groups in total. The molecule has 0 heterocycles. The van der Waals surface area contributed by atoms with Gasteiger partial charge in [0.25, 0.3) is 0 Å². The van der Waals surface area contributed by atoms with Gasteiger partial charge in [-0.15, -0.1) is 0 Å². The molecule has 0 unspecified atom stereocenters. The van der Waals surface area contributed by atoms with Crippen LogP contribution in [-0.4, -0.2) is 18.9 Å². The van der Waals surface area contributed by atoms with Gasteiger partial charge in [0.1, 0.15) is 7.85 Å². The largest absolute Gasteiger partial charge is 0.481 e. The Morgan fingerprint density at radius 1 is 1.54 bits per heavy atom. The smallest absolute Gasteiger partial charge is 0.303 e. The number of carbonyl (C=O) groups is 1. The molecule has 0 amide bonds. The standard InChI is InChI=1S/C10H13BO2/c1-7-2-3-8(6-9(7)11)4-5-10(12)13/h2-3,6H,4-5,11H2,1H3,(H,12,13). The molecule has 0 aromatic heterocycles. The van der Waals surface area contributed by atoms with E-state index in [1.165, 1.54) is 11.0 Å². The highest BCUT2D eigenvalue weighted by atomic mass is 16.4. The summed E-state index contributed by atoms with van der Waals surface area (Å²) in [5.74, 6) is -0.738. The summed E-state index contributed by atoms with van der Waals surface area (Å²) in [4.78, 5) is 10.3. The van der Waals surface area contributed by atoms with Gasteiger partial charge in [-0.1, -0.05) is 29.2 Å². The molecule has 0 fully saturated rings. The SMILES string of the molecule is Bc1cc(CCC(=O)O)ccc1C. The van der Waals surface area contributed by atoms with E-state index in [1.54, 1.807) is 0 Å². The van der Waals surface area contributed by atoms with E-state index in [4.69, 9.17) is 5.11 Å². The Balaban J connectivity index is 2.68. The summed E-state index contributed by atoms with van der Waals surface area (Å²) in [6.45, 7) is 2.05. The average molecular weight is 176 g/mol. The number of hydrogen-bond donors (Lipinski definition) is 1. The molecule has 1 rings (SSSR count). The summed E-state index contributed by atoms with van der Waals surface area (Å²) < 4.78 is 0. The van der Waals surface area contributed by atoms with Crippen LogP contribution in [0.4, 0.5) is 0 Å². The second-order valence-corrected chi connectivity index (χ2v) is 3.31. The Morgan fingerprint density at radius 2 is 2.23 bits per heavy atom. The Labute approximate surface area is 79.0 Å². The Bertz CT molecular complexity index is 321. The van der Waals surface area contributed by atoms with Crippen molar-refractivity contribution < 1.29 is 9.90 Å². The van der Waals surface area contributed by atoms with Crippen LogP contribution >= 0.6 is 0 Å². The van der Waals surface area contributed by atoms with E-state index in [0.29, 0.717) is 6.42 Å². The van der Waals surface area contributed by atoms with E-state index in [-0.39, 0.29) is 6.42 Å². The minimum absolute atomic E-state index is 0.211. The lowest BCUT2D eigenvalue weighted by Gasteiger charge is -2.03. The van der Waals surface area contributed by atoms with Crippen molar-refractivity contribution in [3.8, 4) is 0 Å². The number of rotatable bonds is 3. The zero-order valence-corrected chi connectivity index (χ0v) is 8.00. The molecule has 68 valence electrons. The van der Waals surface area contributed by atoms with Crippen molar-refractivity contribution >= 4 is 19.3 Å². The van der Waals surface area contributed by atoms with Crippen LogP contribution in [0.5, 0.6) is 0 Å². The van der Waals surface area contributed by atoms with Crippen LogP contribution in [0.1, 0.15) is 17.5 Å². The maximum Gasteiger partial charge on any atom is 0.303 e. The fourth-order valence-electron chi connectivity index (χ4n) is 1.21. The quantitative estimate of drug-likeness (QED) is 0.671. The third-order valence-electron chi connectivity index (χ3n) is 2.20. The minimum atomic E-state index is -0.738. The fraction of sp³-hybridized carbons (Fsp3) is 0.300. The highest BCUT2D eigenvalue weighted by Crippen LogP contribution is 2.03. The van der Waals surface area contributed by atoms with E-state index in [1.807, 2.05) is 20.0 Å². The molecule has 1 aromatic rings. The Hall–Kier alpha value is -1.25. The molecule has 0 saturated heterocycles. The molecular formula is C10H13BO2. The van der Waals surface area contributed by atoms with Crippen LogP contribution < -0.4 is 5.46 Å². The molecule has 0 saturated carbocycles. The lowest BCUT2D eigenvalue weighted by atomic mass is 9.89. The van der Waals surface area contributed by atoms with Crippen molar-refractivity contribution in [2.75, 3.05) is 0 Å². The molecule has 0 aliphatic carbocycles. The molecule has 0 aliphatic rings. The normalized spacial score (nSPS) is 9.92. The summed E-state index contributed by atoms with van der Waals surface area (Å²) >= 11 is 0. The zero-order valence-electron chi connectivity index (χ0n) is 8.00. The van der Waals surface area contributed by atoms with Gasteiger partial charge in [-0.2, -0.15) is 0 Å². The van der Waals surface area contributed by atoms with Crippen LogP contribution in [-0.2, 0) is 11.2 Å². The van der Waals surface area contributed by atoms with E-state index >= 15 is 0 Å². The predicted molar refractivity (Wildman–Crippen MR) is 55.3 cm³/mol. The average Bonchev–Trinajstić information content (AvgIpc) is 2.07. The van der Waals surface area contributed by atoms with Crippen molar-refractivity contribution in [2.24, 2.45) is 0 Å². The molecule has 0 bridgehead atoms. The molecule has 0 atom stereocenters. The van der Waals surface area contributed by atoms with Crippen LogP contribution in [0.25, 0.3) is 0 Å². The van der Waals surface area contributed by atoms with Crippen LogP contribution in [0.3, 0.4) is 0 Å². The molecule has 13 heavy (non-hydrogen) atoms. The minimum Gasteiger partial charge on any atom is -0.481 e. The maximum atomic E-state index is 10.3. The summed E-state index contributed by atoms with van der Waals surface area (Å²) in [7, 11) is 2.04. The highest BCUT2D eigenvalue weighted by Gasteiger charge is 1.99. The molecular weight excluding hydrogens is 163 g/mol. The van der Waals surface area contributed by atoms with Crippen molar-refractivity contribution in [1.82, 2.24) is 0 Å². The Morgan fingerprint density at radius 3 is 2.77 bits per heavy atom. The zero-order chi connectivity index (χ0) is 9.84. The summed E-state index contributed by atoms with van der Waals surface area (Å²) in [6.07, 6.45) is 0.832. The lowest BCUT2D eigenvalue weighted by molar-refractivity contribution is -0.136. The van der Waals surface area contributed by atoms with Crippen LogP contribution in [0, 0.1) is 6.92 Å². The second kappa shape index (κ2) is 4.12. The third kappa shape index (κ3) is 2.94. The molecule has 2 nitrogen and oxygen atoms in total. The van der Waals surface area contributed by atoms with E-state index in [2.05, 4.69) is 13.0 Å². The van der Waals surface area contributed by atoms with Gasteiger partial charge in [0.05, 0.1) is 0 Å². The number of aliphatic carboxylic acids is 1. The Kier molecular flexibility index (Phi) is 3.12. The second-order valence-electron chi connectivity index (χ2n) is 3.31. The lowest BCUT2D eigenvalue weighted by Crippen LogP contribution is -2.08. The van der Waals surface area contributed by atoms with Crippen LogP contribution in [0.2, 0.25) is 0 Å². The van der Waals surface area contributed by atoms with Gasteiger partial charge < -0.3 is 5.11 Å². The van der Waals surface area contributed by atoms with Gasteiger partial charge in [-0.3, -0.25) is 4.79 Å². The monoisotopic (exact) mass is 176 g/mol. The molecule has 0 spiro atoms. The van der Waals surface area contributed by atoms with Gasteiger partial charge in [0.15, 0.2) is 0 Å². The van der Waals surface area contributed by atoms with Crippen molar-refractivity contribution in [3.05, 3.63) is 29.3 Å². The fourth-order valence-corrected chi connectivity index (χ4v) is 1.21. The van der Waals surface area contributed by atoms with Crippen LogP contribution in [0.15, 0.2) is 18.2 Å². The van der Waals surface area contributed by atoms with Gasteiger partial charge in [-0.05, 0) is 18.9 Å². The van der Waals surface area contributed by atoms with E-state index in [0.717, 1.165) is 5.56 Å². The number of carboxylic acids is 1. The van der Waals surface area contributed by atoms with Gasteiger partial charge in [0.2, 0.25) is 0 Å². The molecule has 1 aromatic carbocycles.